The van der Waals surface area contributed by atoms with E-state index in [1.54, 1.807) is 72.8 Å². The summed E-state index contributed by atoms with van der Waals surface area (Å²) in [5.41, 5.74) is 3.21. The summed E-state index contributed by atoms with van der Waals surface area (Å²) in [5, 5.41) is 5.67. The highest BCUT2D eigenvalue weighted by atomic mass is 16.2. The summed E-state index contributed by atoms with van der Waals surface area (Å²) in [6.45, 7) is 3.16. The number of rotatable bonds is 6. The second kappa shape index (κ2) is 12.6. The average Bonchev–Trinajstić information content (AvgIpc) is 3.02. The second-order valence-corrected chi connectivity index (χ2v) is 10.3. The Morgan fingerprint density at radius 3 is 1.05 bits per heavy atom. The third kappa shape index (κ3) is 6.57. The van der Waals surface area contributed by atoms with E-state index in [0.29, 0.717) is 33.6 Å². The SMILES string of the molecule is O=C(Nc1ccc(C(=O)N2CCCCC2)cc1)c1ccc(C(=O)Nc2ccc(C(=O)N3CCCCC3)cc2)cc1. The molecule has 5 rings (SSSR count). The Hall–Kier alpha value is -4.46. The first-order valence-corrected chi connectivity index (χ1v) is 14.0. The van der Waals surface area contributed by atoms with Crippen molar-refractivity contribution in [2.24, 2.45) is 0 Å². The van der Waals surface area contributed by atoms with Gasteiger partial charge in [0.25, 0.3) is 23.6 Å². The molecule has 0 unspecified atom stereocenters. The van der Waals surface area contributed by atoms with Gasteiger partial charge in [0.1, 0.15) is 0 Å². The topological polar surface area (TPSA) is 98.8 Å². The van der Waals surface area contributed by atoms with Crippen molar-refractivity contribution in [1.29, 1.82) is 0 Å². The molecule has 2 heterocycles. The molecule has 2 aliphatic heterocycles. The molecule has 8 heteroatoms. The molecule has 0 spiro atoms. The van der Waals surface area contributed by atoms with Gasteiger partial charge in [0.05, 0.1) is 0 Å². The number of amides is 4. The first kappa shape index (κ1) is 27.1. The third-order valence-corrected chi connectivity index (χ3v) is 7.48. The van der Waals surface area contributed by atoms with Gasteiger partial charge in [-0.05, 0) is 111 Å². The Bertz CT molecular complexity index is 1250. The van der Waals surface area contributed by atoms with E-state index in [2.05, 4.69) is 10.6 Å². The molecule has 3 aromatic carbocycles. The van der Waals surface area contributed by atoms with E-state index >= 15 is 0 Å². The zero-order valence-corrected chi connectivity index (χ0v) is 22.5. The van der Waals surface area contributed by atoms with E-state index in [9.17, 15) is 19.2 Å². The third-order valence-electron chi connectivity index (χ3n) is 7.48. The van der Waals surface area contributed by atoms with Crippen LogP contribution in [0.25, 0.3) is 0 Å². The average molecular weight is 539 g/mol. The van der Waals surface area contributed by atoms with Gasteiger partial charge in [0.15, 0.2) is 0 Å². The Morgan fingerprint density at radius 2 is 0.725 bits per heavy atom. The van der Waals surface area contributed by atoms with E-state index in [1.165, 1.54) is 0 Å². The van der Waals surface area contributed by atoms with E-state index in [1.807, 2.05) is 9.80 Å². The zero-order chi connectivity index (χ0) is 27.9. The van der Waals surface area contributed by atoms with Crippen LogP contribution in [0.15, 0.2) is 72.8 Å². The number of benzene rings is 3. The lowest BCUT2D eigenvalue weighted by Gasteiger charge is -2.26. The van der Waals surface area contributed by atoms with Gasteiger partial charge in [-0.25, -0.2) is 0 Å². The molecule has 2 saturated heterocycles. The number of nitrogens with zero attached hydrogens (tertiary/aromatic N) is 2. The molecule has 0 radical (unpaired) electrons. The number of likely N-dealkylation sites (tertiary alicyclic amines) is 2. The first-order valence-electron chi connectivity index (χ1n) is 14.0. The largest absolute Gasteiger partial charge is 0.339 e. The molecule has 4 amide bonds. The number of nitrogens with one attached hydrogen (secondary N) is 2. The number of carbonyl (C=O) groups excluding carboxylic acids is 4. The number of hydrogen-bond acceptors (Lipinski definition) is 4. The highest BCUT2D eigenvalue weighted by Gasteiger charge is 2.19. The lowest BCUT2D eigenvalue weighted by Crippen LogP contribution is -2.35. The fraction of sp³-hybridized carbons (Fsp3) is 0.312. The molecule has 0 bridgehead atoms. The summed E-state index contributed by atoms with van der Waals surface area (Å²) in [5.74, 6) is -0.575. The van der Waals surface area contributed by atoms with Crippen LogP contribution in [0.4, 0.5) is 11.4 Å². The number of carbonyl (C=O) groups is 4. The molecule has 2 N–H and O–H groups in total. The second-order valence-electron chi connectivity index (χ2n) is 10.3. The van der Waals surface area contributed by atoms with Gasteiger partial charge in [-0.1, -0.05) is 0 Å². The minimum atomic E-state index is -0.309. The number of hydrogen-bond donors (Lipinski definition) is 2. The van der Waals surface area contributed by atoms with Crippen LogP contribution in [-0.2, 0) is 0 Å². The minimum Gasteiger partial charge on any atom is -0.339 e. The standard InChI is InChI=1S/C32H34N4O4/c37-29(33-27-15-11-25(12-16-27)31(39)35-19-3-1-4-20-35)23-7-9-24(10-8-23)30(38)34-28-17-13-26(14-18-28)32(40)36-21-5-2-6-22-36/h7-18H,1-6,19-22H2,(H,33,37)(H,34,38). The maximum atomic E-state index is 12.7. The molecular weight excluding hydrogens is 504 g/mol. The van der Waals surface area contributed by atoms with Crippen LogP contribution >= 0.6 is 0 Å². The van der Waals surface area contributed by atoms with Crippen LogP contribution < -0.4 is 10.6 Å². The molecule has 206 valence electrons. The van der Waals surface area contributed by atoms with E-state index in [-0.39, 0.29) is 23.6 Å². The summed E-state index contributed by atoms with van der Waals surface area (Å²) in [6.07, 6.45) is 6.47. The fourth-order valence-electron chi connectivity index (χ4n) is 5.13. The Balaban J connectivity index is 1.14. The highest BCUT2D eigenvalue weighted by molar-refractivity contribution is 6.07. The molecule has 0 aliphatic carbocycles. The molecule has 8 nitrogen and oxygen atoms in total. The maximum absolute atomic E-state index is 12.7. The molecule has 3 aromatic rings. The van der Waals surface area contributed by atoms with Crippen molar-refractivity contribution in [3.05, 3.63) is 95.1 Å². The molecule has 0 atom stereocenters. The smallest absolute Gasteiger partial charge is 0.255 e. The van der Waals surface area contributed by atoms with Gasteiger partial charge in [-0.2, -0.15) is 0 Å². The highest BCUT2D eigenvalue weighted by Crippen LogP contribution is 2.18. The summed E-state index contributed by atoms with van der Waals surface area (Å²) in [4.78, 5) is 54.5. The molecular formula is C32H34N4O4. The van der Waals surface area contributed by atoms with Crippen LogP contribution in [-0.4, -0.2) is 59.6 Å². The molecule has 0 saturated carbocycles. The van der Waals surface area contributed by atoms with Crippen LogP contribution in [0.1, 0.15) is 80.0 Å². The van der Waals surface area contributed by atoms with Crippen molar-refractivity contribution in [1.82, 2.24) is 9.80 Å². The zero-order valence-electron chi connectivity index (χ0n) is 22.5. The van der Waals surface area contributed by atoms with E-state index < -0.39 is 0 Å². The summed E-state index contributed by atoms with van der Waals surface area (Å²) >= 11 is 0. The van der Waals surface area contributed by atoms with Gasteiger partial charge < -0.3 is 20.4 Å². The summed E-state index contributed by atoms with van der Waals surface area (Å²) < 4.78 is 0. The number of piperidine rings is 2. The van der Waals surface area contributed by atoms with Gasteiger partial charge in [-0.15, -0.1) is 0 Å². The quantitative estimate of drug-likeness (QED) is 0.436. The van der Waals surface area contributed by atoms with Gasteiger partial charge in [-0.3, -0.25) is 19.2 Å². The van der Waals surface area contributed by atoms with E-state index in [4.69, 9.17) is 0 Å². The van der Waals surface area contributed by atoms with E-state index in [0.717, 1.165) is 64.7 Å². The molecule has 0 aromatic heterocycles. The normalized spacial score (nSPS) is 15.3. The van der Waals surface area contributed by atoms with Crippen LogP contribution in [0.2, 0.25) is 0 Å². The summed E-state index contributed by atoms with van der Waals surface area (Å²) in [7, 11) is 0. The molecule has 40 heavy (non-hydrogen) atoms. The van der Waals surface area contributed by atoms with Gasteiger partial charge in [0.2, 0.25) is 0 Å². The first-order chi connectivity index (χ1) is 19.5. The maximum Gasteiger partial charge on any atom is 0.255 e. The lowest BCUT2D eigenvalue weighted by molar-refractivity contribution is 0.0717. The Kier molecular flexibility index (Phi) is 8.54. The molecule has 2 aliphatic rings. The lowest BCUT2D eigenvalue weighted by atomic mass is 10.1. The van der Waals surface area contributed by atoms with Crippen molar-refractivity contribution in [2.75, 3.05) is 36.8 Å². The van der Waals surface area contributed by atoms with Crippen molar-refractivity contribution in [3.63, 3.8) is 0 Å². The summed E-state index contributed by atoms with van der Waals surface area (Å²) in [6, 6.07) is 20.2. The van der Waals surface area contributed by atoms with Gasteiger partial charge >= 0.3 is 0 Å². The van der Waals surface area contributed by atoms with Crippen LogP contribution in [0.5, 0.6) is 0 Å². The van der Waals surface area contributed by atoms with Crippen LogP contribution in [0, 0.1) is 0 Å². The van der Waals surface area contributed by atoms with Gasteiger partial charge in [0, 0.05) is 59.8 Å². The van der Waals surface area contributed by atoms with Crippen molar-refractivity contribution >= 4 is 35.0 Å². The Labute approximate surface area is 234 Å². The van der Waals surface area contributed by atoms with Crippen molar-refractivity contribution < 1.29 is 19.2 Å². The van der Waals surface area contributed by atoms with Crippen molar-refractivity contribution in [3.8, 4) is 0 Å². The van der Waals surface area contributed by atoms with Crippen molar-refractivity contribution in [2.45, 2.75) is 38.5 Å². The Morgan fingerprint density at radius 1 is 0.425 bits per heavy atom. The van der Waals surface area contributed by atoms with Crippen LogP contribution in [0.3, 0.4) is 0 Å². The number of anilines is 2. The molecule has 2 fully saturated rings. The minimum absolute atomic E-state index is 0.0216. The predicted molar refractivity (Wildman–Crippen MR) is 155 cm³/mol. The predicted octanol–water partition coefficient (Wildman–Crippen LogP) is 5.44. The monoisotopic (exact) mass is 538 g/mol. The fourth-order valence-corrected chi connectivity index (χ4v) is 5.13.